The SMILES string of the molecule is CCC1CC1NC(=O)N1C[C@@H](O)C[C@H]1C(=O)O. The number of aliphatic carboxylic acids is 1. The Labute approximate surface area is 99.6 Å². The van der Waals surface area contributed by atoms with Crippen molar-refractivity contribution in [3.63, 3.8) is 0 Å². The number of aliphatic hydroxyl groups excluding tert-OH is 1. The van der Waals surface area contributed by atoms with E-state index in [4.69, 9.17) is 5.11 Å². The number of β-amino-alcohol motifs (C(OH)–C–C–N with tert-alkyl or cyclic N) is 1. The first kappa shape index (κ1) is 12.2. The van der Waals surface area contributed by atoms with Crippen LogP contribution in [-0.2, 0) is 4.79 Å². The summed E-state index contributed by atoms with van der Waals surface area (Å²) in [7, 11) is 0. The van der Waals surface area contributed by atoms with E-state index in [1.54, 1.807) is 0 Å². The Kier molecular flexibility index (Phi) is 3.24. The van der Waals surface area contributed by atoms with Crippen molar-refractivity contribution in [1.29, 1.82) is 0 Å². The van der Waals surface area contributed by atoms with Crippen LogP contribution in [-0.4, -0.2) is 51.8 Å². The molecule has 6 heteroatoms. The van der Waals surface area contributed by atoms with E-state index >= 15 is 0 Å². The van der Waals surface area contributed by atoms with Crippen molar-refractivity contribution >= 4 is 12.0 Å². The fourth-order valence-corrected chi connectivity index (χ4v) is 2.39. The van der Waals surface area contributed by atoms with Crippen LogP contribution < -0.4 is 5.32 Å². The summed E-state index contributed by atoms with van der Waals surface area (Å²) in [5.74, 6) is -0.533. The van der Waals surface area contributed by atoms with Gasteiger partial charge < -0.3 is 20.4 Å². The minimum absolute atomic E-state index is 0.103. The molecule has 1 heterocycles. The molecule has 17 heavy (non-hydrogen) atoms. The molecule has 6 nitrogen and oxygen atoms in total. The lowest BCUT2D eigenvalue weighted by Crippen LogP contribution is -2.47. The minimum Gasteiger partial charge on any atom is -0.480 e. The second-order valence-corrected chi connectivity index (χ2v) is 4.86. The molecule has 0 aromatic carbocycles. The zero-order valence-electron chi connectivity index (χ0n) is 9.80. The highest BCUT2D eigenvalue weighted by Gasteiger charge is 2.42. The molecule has 3 N–H and O–H groups in total. The molecule has 2 unspecified atom stereocenters. The molecule has 0 aromatic heterocycles. The molecule has 0 aromatic rings. The van der Waals surface area contributed by atoms with Crippen molar-refractivity contribution in [1.82, 2.24) is 10.2 Å². The predicted molar refractivity (Wildman–Crippen MR) is 59.5 cm³/mol. The zero-order valence-corrected chi connectivity index (χ0v) is 9.80. The van der Waals surface area contributed by atoms with Crippen molar-refractivity contribution < 1.29 is 19.8 Å². The number of aliphatic hydroxyl groups is 1. The van der Waals surface area contributed by atoms with Crippen LogP contribution in [0.3, 0.4) is 0 Å². The third kappa shape index (κ3) is 2.52. The Hall–Kier alpha value is -1.30. The van der Waals surface area contributed by atoms with Crippen LogP contribution in [0.5, 0.6) is 0 Å². The number of rotatable bonds is 3. The van der Waals surface area contributed by atoms with Gasteiger partial charge in [0, 0.05) is 19.0 Å². The Morgan fingerprint density at radius 1 is 1.41 bits per heavy atom. The predicted octanol–water partition coefficient (Wildman–Crippen LogP) is 0.0143. The van der Waals surface area contributed by atoms with Crippen molar-refractivity contribution in [3.8, 4) is 0 Å². The van der Waals surface area contributed by atoms with Gasteiger partial charge in [0.05, 0.1) is 6.10 Å². The number of likely N-dealkylation sites (tertiary alicyclic amines) is 1. The van der Waals surface area contributed by atoms with Crippen molar-refractivity contribution in [2.24, 2.45) is 5.92 Å². The first-order valence-electron chi connectivity index (χ1n) is 6.01. The summed E-state index contributed by atoms with van der Waals surface area (Å²) in [6.45, 7) is 2.17. The van der Waals surface area contributed by atoms with Gasteiger partial charge in [0.25, 0.3) is 0 Å². The van der Waals surface area contributed by atoms with Gasteiger partial charge >= 0.3 is 12.0 Å². The van der Waals surface area contributed by atoms with Gasteiger partial charge in [-0.05, 0) is 12.3 Å². The van der Waals surface area contributed by atoms with Gasteiger partial charge in [-0.15, -0.1) is 0 Å². The van der Waals surface area contributed by atoms with Gasteiger partial charge in [-0.1, -0.05) is 13.3 Å². The van der Waals surface area contributed by atoms with Crippen molar-refractivity contribution in [2.45, 2.75) is 44.4 Å². The number of carboxylic acid groups (broad SMARTS) is 1. The number of carbonyl (C=O) groups excluding carboxylic acids is 1. The molecule has 1 aliphatic carbocycles. The smallest absolute Gasteiger partial charge is 0.326 e. The van der Waals surface area contributed by atoms with Gasteiger partial charge in [0.2, 0.25) is 0 Å². The monoisotopic (exact) mass is 242 g/mol. The van der Waals surface area contributed by atoms with Crippen LogP contribution in [0.1, 0.15) is 26.2 Å². The molecule has 1 saturated carbocycles. The lowest BCUT2D eigenvalue weighted by atomic mass is 10.2. The summed E-state index contributed by atoms with van der Waals surface area (Å²) < 4.78 is 0. The molecule has 2 fully saturated rings. The number of hydrogen-bond acceptors (Lipinski definition) is 3. The van der Waals surface area contributed by atoms with E-state index in [-0.39, 0.29) is 25.0 Å². The molecule has 2 aliphatic rings. The van der Waals surface area contributed by atoms with Crippen LogP contribution in [0.25, 0.3) is 0 Å². The molecule has 1 saturated heterocycles. The highest BCUT2D eigenvalue weighted by Crippen LogP contribution is 2.33. The number of carbonyl (C=O) groups is 2. The zero-order chi connectivity index (χ0) is 12.6. The molecular weight excluding hydrogens is 224 g/mol. The third-order valence-corrected chi connectivity index (χ3v) is 3.58. The number of hydrogen-bond donors (Lipinski definition) is 3. The second-order valence-electron chi connectivity index (χ2n) is 4.86. The quantitative estimate of drug-likeness (QED) is 0.650. The van der Waals surface area contributed by atoms with Crippen LogP contribution in [0.4, 0.5) is 4.79 Å². The standard InChI is InChI=1S/C11H18N2O4/c1-2-6-3-8(6)12-11(17)13-5-7(14)4-9(13)10(15)16/h6-9,14H,2-5H2,1H3,(H,12,17)(H,15,16)/t6?,7-,8?,9-/m0/s1. The molecule has 0 spiro atoms. The van der Waals surface area contributed by atoms with Crippen molar-refractivity contribution in [2.75, 3.05) is 6.54 Å². The maximum atomic E-state index is 11.9. The van der Waals surface area contributed by atoms with E-state index in [0.29, 0.717) is 5.92 Å². The van der Waals surface area contributed by atoms with E-state index in [2.05, 4.69) is 12.2 Å². The third-order valence-electron chi connectivity index (χ3n) is 3.58. The number of urea groups is 1. The Morgan fingerprint density at radius 3 is 2.65 bits per heavy atom. The van der Waals surface area contributed by atoms with Crippen molar-refractivity contribution in [3.05, 3.63) is 0 Å². The van der Waals surface area contributed by atoms with Gasteiger partial charge in [-0.2, -0.15) is 0 Å². The molecule has 2 rings (SSSR count). The van der Waals surface area contributed by atoms with Crippen LogP contribution >= 0.6 is 0 Å². The molecule has 1 aliphatic heterocycles. The van der Waals surface area contributed by atoms with E-state index < -0.39 is 18.1 Å². The van der Waals surface area contributed by atoms with Crippen LogP contribution in [0, 0.1) is 5.92 Å². The van der Waals surface area contributed by atoms with Gasteiger partial charge in [-0.25, -0.2) is 9.59 Å². The normalized spacial score (nSPS) is 35.8. The van der Waals surface area contributed by atoms with Gasteiger partial charge in [0.15, 0.2) is 0 Å². The van der Waals surface area contributed by atoms with E-state index in [9.17, 15) is 14.7 Å². The summed E-state index contributed by atoms with van der Waals surface area (Å²) in [5.41, 5.74) is 0. The molecule has 2 amide bonds. The van der Waals surface area contributed by atoms with E-state index in [1.807, 2.05) is 0 Å². The largest absolute Gasteiger partial charge is 0.480 e. The number of nitrogens with one attached hydrogen (secondary N) is 1. The first-order valence-corrected chi connectivity index (χ1v) is 6.01. The maximum Gasteiger partial charge on any atom is 0.326 e. The molecule has 0 radical (unpaired) electrons. The fraction of sp³-hybridized carbons (Fsp3) is 0.818. The Bertz CT molecular complexity index is 333. The first-order chi connectivity index (χ1) is 8.02. The van der Waals surface area contributed by atoms with E-state index in [1.165, 1.54) is 4.90 Å². The van der Waals surface area contributed by atoms with Crippen LogP contribution in [0.2, 0.25) is 0 Å². The van der Waals surface area contributed by atoms with E-state index in [0.717, 1.165) is 12.8 Å². The Morgan fingerprint density at radius 2 is 2.12 bits per heavy atom. The van der Waals surface area contributed by atoms with Crippen LogP contribution in [0.15, 0.2) is 0 Å². The highest BCUT2D eigenvalue weighted by molar-refractivity contribution is 5.83. The topological polar surface area (TPSA) is 89.9 Å². The number of amides is 2. The average molecular weight is 242 g/mol. The van der Waals surface area contributed by atoms with Gasteiger partial charge in [0.1, 0.15) is 6.04 Å². The lowest BCUT2D eigenvalue weighted by Gasteiger charge is -2.21. The van der Waals surface area contributed by atoms with Gasteiger partial charge in [-0.3, -0.25) is 0 Å². The summed E-state index contributed by atoms with van der Waals surface area (Å²) in [6.07, 6.45) is 1.37. The summed E-state index contributed by atoms with van der Waals surface area (Å²) in [5, 5.41) is 21.2. The summed E-state index contributed by atoms with van der Waals surface area (Å²) >= 11 is 0. The summed E-state index contributed by atoms with van der Waals surface area (Å²) in [4.78, 5) is 24.0. The Balaban J connectivity index is 1.91. The average Bonchev–Trinajstić information content (AvgIpc) is 2.89. The molecule has 96 valence electrons. The maximum absolute atomic E-state index is 11.9. The molecular formula is C11H18N2O4. The number of nitrogens with zero attached hydrogens (tertiary/aromatic N) is 1. The second kappa shape index (κ2) is 4.52. The number of carboxylic acids is 1. The lowest BCUT2D eigenvalue weighted by molar-refractivity contribution is -0.141. The molecule has 4 atom stereocenters. The fourth-order valence-electron chi connectivity index (χ4n) is 2.39. The summed E-state index contributed by atoms with van der Waals surface area (Å²) in [6, 6.07) is -1.08. The molecule has 0 bridgehead atoms. The minimum atomic E-state index is -1.06. The highest BCUT2D eigenvalue weighted by atomic mass is 16.4.